The summed E-state index contributed by atoms with van der Waals surface area (Å²) < 4.78 is 26.8. The smallest absolute Gasteiger partial charge is 0.185 e. The maximum Gasteiger partial charge on any atom is 0.185 e. The van der Waals surface area contributed by atoms with Gasteiger partial charge in [-0.25, -0.2) is 8.42 Å². The van der Waals surface area contributed by atoms with E-state index < -0.39 is 14.6 Å². The van der Waals surface area contributed by atoms with Crippen molar-refractivity contribution in [2.24, 2.45) is 10.8 Å². The van der Waals surface area contributed by atoms with Crippen molar-refractivity contribution in [1.29, 1.82) is 0 Å². The van der Waals surface area contributed by atoms with Gasteiger partial charge in [0.05, 0.1) is 9.64 Å². The Morgan fingerprint density at radius 2 is 1.46 bits per heavy atom. The lowest BCUT2D eigenvalue weighted by Crippen LogP contribution is -2.73. The molecule has 0 N–H and O–H groups in total. The second-order valence-electron chi connectivity index (χ2n) is 8.36. The van der Waals surface area contributed by atoms with E-state index in [0.29, 0.717) is 11.3 Å². The van der Waals surface area contributed by atoms with Crippen molar-refractivity contribution in [1.82, 2.24) is 0 Å². The largest absolute Gasteiger partial charge is 0.223 e. The summed E-state index contributed by atoms with van der Waals surface area (Å²) in [7, 11) is -3.45. The Morgan fingerprint density at radius 3 is 2.12 bits per heavy atom. The predicted molar refractivity (Wildman–Crippen MR) is 96.8 cm³/mol. The van der Waals surface area contributed by atoms with Crippen LogP contribution in [-0.4, -0.2) is 13.2 Å². The quantitative estimate of drug-likeness (QED) is 0.800. The van der Waals surface area contributed by atoms with Crippen molar-refractivity contribution < 1.29 is 8.42 Å². The van der Waals surface area contributed by atoms with Crippen molar-refractivity contribution in [3.05, 3.63) is 65.7 Å². The van der Waals surface area contributed by atoms with Crippen molar-refractivity contribution in [3.63, 3.8) is 0 Å². The highest BCUT2D eigenvalue weighted by atomic mass is 32.2. The van der Waals surface area contributed by atoms with E-state index >= 15 is 0 Å². The molecule has 126 valence electrons. The molecule has 0 bridgehead atoms. The zero-order valence-electron chi connectivity index (χ0n) is 14.7. The Bertz CT molecular complexity index is 910. The van der Waals surface area contributed by atoms with Gasteiger partial charge in [-0.05, 0) is 40.5 Å². The number of rotatable bonds is 2. The molecule has 0 amide bonds. The molecule has 1 saturated carbocycles. The first-order chi connectivity index (χ1) is 11.2. The van der Waals surface area contributed by atoms with Gasteiger partial charge in [0, 0.05) is 5.92 Å². The molecule has 2 aliphatic rings. The zero-order chi connectivity index (χ0) is 17.4. The molecule has 0 spiro atoms. The summed E-state index contributed by atoms with van der Waals surface area (Å²) in [5, 5.41) is 0. The highest BCUT2D eigenvalue weighted by Gasteiger charge is 2.79. The highest BCUT2D eigenvalue weighted by molar-refractivity contribution is 7.93. The number of hydrogen-bond acceptors (Lipinski definition) is 2. The number of hydrogen-bond donors (Lipinski definition) is 0. The van der Waals surface area contributed by atoms with Crippen LogP contribution in [0.2, 0.25) is 0 Å². The summed E-state index contributed by atoms with van der Waals surface area (Å²) in [6.45, 7) is 8.71. The Morgan fingerprint density at radius 1 is 0.875 bits per heavy atom. The first-order valence-corrected chi connectivity index (χ1v) is 10.0. The van der Waals surface area contributed by atoms with Crippen LogP contribution in [0.4, 0.5) is 0 Å². The molecule has 0 saturated heterocycles. The molecule has 2 aromatic rings. The first kappa shape index (κ1) is 15.9. The molecule has 4 rings (SSSR count). The Labute approximate surface area is 144 Å². The van der Waals surface area contributed by atoms with Crippen molar-refractivity contribution in [2.75, 3.05) is 0 Å². The van der Waals surface area contributed by atoms with Crippen molar-refractivity contribution in [3.8, 4) is 0 Å². The fourth-order valence-corrected chi connectivity index (χ4v) is 8.34. The van der Waals surface area contributed by atoms with Crippen LogP contribution in [0, 0.1) is 10.8 Å². The van der Waals surface area contributed by atoms with Gasteiger partial charge in [-0.1, -0.05) is 70.2 Å². The minimum Gasteiger partial charge on any atom is -0.223 e. The second kappa shape index (κ2) is 4.51. The molecule has 0 aliphatic heterocycles. The van der Waals surface area contributed by atoms with Crippen LogP contribution in [0.25, 0.3) is 0 Å². The molecule has 24 heavy (non-hydrogen) atoms. The van der Waals surface area contributed by atoms with Gasteiger partial charge in [0.1, 0.15) is 0 Å². The van der Waals surface area contributed by atoms with Crippen LogP contribution in [-0.2, 0) is 16.3 Å². The average Bonchev–Trinajstić information content (AvgIpc) is 2.91. The summed E-state index contributed by atoms with van der Waals surface area (Å²) in [5.41, 5.74) is 2.04. The third-order valence-corrected chi connectivity index (χ3v) is 9.95. The molecular weight excluding hydrogens is 316 g/mol. The van der Waals surface area contributed by atoms with E-state index in [9.17, 15) is 8.42 Å². The molecular formula is C21H24O2S. The van der Waals surface area contributed by atoms with E-state index in [1.807, 2.05) is 30.3 Å². The van der Waals surface area contributed by atoms with Crippen LogP contribution < -0.4 is 0 Å². The Balaban J connectivity index is 2.00. The lowest BCUT2D eigenvalue weighted by Gasteiger charge is -2.69. The van der Waals surface area contributed by atoms with Crippen LogP contribution in [0.5, 0.6) is 0 Å². The third-order valence-electron chi connectivity index (χ3n) is 7.21. The van der Waals surface area contributed by atoms with E-state index in [-0.39, 0.29) is 16.7 Å². The molecule has 3 heteroatoms. The molecule has 2 aliphatic carbocycles. The molecule has 2 aromatic carbocycles. The van der Waals surface area contributed by atoms with E-state index in [4.69, 9.17) is 0 Å². The lowest BCUT2D eigenvalue weighted by atomic mass is 9.40. The molecule has 0 heterocycles. The molecule has 2 atom stereocenters. The summed E-state index contributed by atoms with van der Waals surface area (Å²) in [5.74, 6) is 0.0430. The minimum absolute atomic E-state index is 0.0430. The van der Waals surface area contributed by atoms with Gasteiger partial charge >= 0.3 is 0 Å². The normalized spacial score (nSPS) is 29.4. The molecule has 0 aromatic heterocycles. The van der Waals surface area contributed by atoms with Gasteiger partial charge in [0.25, 0.3) is 0 Å². The van der Waals surface area contributed by atoms with Crippen LogP contribution in [0.1, 0.15) is 44.7 Å². The van der Waals surface area contributed by atoms with E-state index in [1.165, 1.54) is 11.1 Å². The Hall–Kier alpha value is -1.61. The molecule has 1 fully saturated rings. The molecule has 0 unspecified atom stereocenters. The van der Waals surface area contributed by atoms with E-state index in [2.05, 4.69) is 39.8 Å². The summed E-state index contributed by atoms with van der Waals surface area (Å²) in [4.78, 5) is 0.450. The highest BCUT2D eigenvalue weighted by Crippen LogP contribution is 2.77. The van der Waals surface area contributed by atoms with Gasteiger partial charge in [-0.2, -0.15) is 0 Å². The monoisotopic (exact) mass is 340 g/mol. The standard InChI is InChI=1S/C21H24O2S/c1-19(2)18-17-13-9-8-10-15(17)14-21(18,20(19,3)4)24(22,23)16-11-6-5-7-12-16/h5-13,18H,14H2,1-4H3/t18-,21+/m0/s1. The second-order valence-corrected chi connectivity index (χ2v) is 10.6. The maximum absolute atomic E-state index is 13.8. The fraction of sp³-hybridized carbons (Fsp3) is 0.429. The van der Waals surface area contributed by atoms with Crippen molar-refractivity contribution in [2.45, 2.75) is 49.7 Å². The van der Waals surface area contributed by atoms with Crippen LogP contribution in [0.3, 0.4) is 0 Å². The minimum atomic E-state index is -3.45. The lowest BCUT2D eigenvalue weighted by molar-refractivity contribution is -0.0930. The maximum atomic E-state index is 13.8. The third kappa shape index (κ3) is 1.50. The molecule has 0 radical (unpaired) electrons. The number of sulfone groups is 1. The summed E-state index contributed by atoms with van der Waals surface area (Å²) >= 11 is 0. The van der Waals surface area contributed by atoms with Gasteiger partial charge in [0.2, 0.25) is 0 Å². The average molecular weight is 340 g/mol. The number of fused-ring (bicyclic) bond motifs is 3. The molecule has 2 nitrogen and oxygen atoms in total. The van der Waals surface area contributed by atoms with E-state index in [0.717, 1.165) is 0 Å². The van der Waals surface area contributed by atoms with Crippen LogP contribution >= 0.6 is 0 Å². The summed E-state index contributed by atoms with van der Waals surface area (Å²) in [6, 6.07) is 17.3. The van der Waals surface area contributed by atoms with Crippen molar-refractivity contribution >= 4 is 9.84 Å². The van der Waals surface area contributed by atoms with Gasteiger partial charge < -0.3 is 0 Å². The topological polar surface area (TPSA) is 34.1 Å². The van der Waals surface area contributed by atoms with Crippen LogP contribution in [0.15, 0.2) is 59.5 Å². The fourth-order valence-electron chi connectivity index (χ4n) is 5.39. The zero-order valence-corrected chi connectivity index (χ0v) is 15.5. The first-order valence-electron chi connectivity index (χ1n) is 8.55. The Kier molecular flexibility index (Phi) is 2.99. The SMILES string of the molecule is CC1(C)[C@@H]2c3ccccc3C[C@]2(S(=O)(=O)c2ccccc2)C1(C)C. The van der Waals surface area contributed by atoms with Gasteiger partial charge in [-0.15, -0.1) is 0 Å². The summed E-state index contributed by atoms with van der Waals surface area (Å²) in [6.07, 6.45) is 0.613. The van der Waals surface area contributed by atoms with Gasteiger partial charge in [-0.3, -0.25) is 0 Å². The predicted octanol–water partition coefficient (Wildman–Crippen LogP) is 4.61. The van der Waals surface area contributed by atoms with Gasteiger partial charge in [0.15, 0.2) is 9.84 Å². The number of benzene rings is 2. The van der Waals surface area contributed by atoms with E-state index in [1.54, 1.807) is 12.1 Å².